The molecular weight excluding hydrogens is 168 g/mol. The maximum absolute atomic E-state index is 10.5. The SMILES string of the molecule is Cc1cc2nnc(C=O)c(C)n2n1. The van der Waals surface area contributed by atoms with E-state index in [2.05, 4.69) is 15.3 Å². The van der Waals surface area contributed by atoms with Crippen LogP contribution in [0.5, 0.6) is 0 Å². The number of hydrogen-bond acceptors (Lipinski definition) is 4. The second-order valence-corrected chi connectivity index (χ2v) is 2.84. The molecule has 0 radical (unpaired) electrons. The van der Waals surface area contributed by atoms with Gasteiger partial charge in [0, 0.05) is 6.07 Å². The Morgan fingerprint density at radius 3 is 2.85 bits per heavy atom. The van der Waals surface area contributed by atoms with Crippen LogP contribution in [-0.4, -0.2) is 26.1 Å². The molecule has 5 nitrogen and oxygen atoms in total. The molecule has 0 aliphatic carbocycles. The largest absolute Gasteiger partial charge is 0.296 e. The van der Waals surface area contributed by atoms with Gasteiger partial charge in [-0.05, 0) is 13.8 Å². The molecule has 2 aromatic heterocycles. The van der Waals surface area contributed by atoms with Gasteiger partial charge in [0.1, 0.15) is 5.69 Å². The number of carbonyl (C=O) groups is 1. The van der Waals surface area contributed by atoms with Crippen molar-refractivity contribution in [2.75, 3.05) is 0 Å². The summed E-state index contributed by atoms with van der Waals surface area (Å²) in [5, 5.41) is 11.8. The molecule has 2 aromatic rings. The third kappa shape index (κ3) is 1.09. The van der Waals surface area contributed by atoms with Crippen molar-refractivity contribution < 1.29 is 4.79 Å². The van der Waals surface area contributed by atoms with Gasteiger partial charge in [0.25, 0.3) is 0 Å². The highest BCUT2D eigenvalue weighted by molar-refractivity contribution is 5.73. The standard InChI is InChI=1S/C8H8N4O/c1-5-3-8-10-9-7(4-13)6(2)12(8)11-5/h3-4H,1-2H3. The van der Waals surface area contributed by atoms with Gasteiger partial charge >= 0.3 is 0 Å². The van der Waals surface area contributed by atoms with Crippen LogP contribution in [0.3, 0.4) is 0 Å². The fourth-order valence-corrected chi connectivity index (χ4v) is 1.20. The number of rotatable bonds is 1. The fraction of sp³-hybridized carbons (Fsp3) is 0.250. The molecular formula is C8H8N4O. The number of nitrogens with zero attached hydrogens (tertiary/aromatic N) is 4. The van der Waals surface area contributed by atoms with Gasteiger partial charge in [0.05, 0.1) is 11.4 Å². The van der Waals surface area contributed by atoms with Crippen molar-refractivity contribution in [2.24, 2.45) is 0 Å². The summed E-state index contributed by atoms with van der Waals surface area (Å²) in [6.45, 7) is 3.66. The smallest absolute Gasteiger partial charge is 0.177 e. The van der Waals surface area contributed by atoms with Crippen LogP contribution in [0.4, 0.5) is 0 Å². The van der Waals surface area contributed by atoms with Crippen LogP contribution >= 0.6 is 0 Å². The van der Waals surface area contributed by atoms with Gasteiger partial charge in [0.2, 0.25) is 0 Å². The van der Waals surface area contributed by atoms with E-state index in [1.807, 2.05) is 13.0 Å². The number of aldehydes is 1. The van der Waals surface area contributed by atoms with Crippen molar-refractivity contribution in [3.63, 3.8) is 0 Å². The van der Waals surface area contributed by atoms with Crippen molar-refractivity contribution in [3.8, 4) is 0 Å². The highest BCUT2D eigenvalue weighted by Gasteiger charge is 2.06. The zero-order valence-corrected chi connectivity index (χ0v) is 7.35. The van der Waals surface area contributed by atoms with E-state index in [0.29, 0.717) is 23.3 Å². The Morgan fingerprint density at radius 2 is 2.15 bits per heavy atom. The summed E-state index contributed by atoms with van der Waals surface area (Å²) in [6, 6.07) is 1.81. The van der Waals surface area contributed by atoms with Gasteiger partial charge in [0.15, 0.2) is 11.9 Å². The third-order valence-corrected chi connectivity index (χ3v) is 1.87. The minimum atomic E-state index is 0.329. The second-order valence-electron chi connectivity index (χ2n) is 2.84. The Kier molecular flexibility index (Phi) is 1.58. The van der Waals surface area contributed by atoms with Crippen LogP contribution in [0.2, 0.25) is 0 Å². The molecule has 0 saturated heterocycles. The van der Waals surface area contributed by atoms with Crippen LogP contribution in [-0.2, 0) is 0 Å². The van der Waals surface area contributed by atoms with Crippen LogP contribution in [0, 0.1) is 13.8 Å². The van der Waals surface area contributed by atoms with Crippen molar-refractivity contribution >= 4 is 11.9 Å². The molecule has 0 spiro atoms. The van der Waals surface area contributed by atoms with Crippen molar-refractivity contribution in [1.29, 1.82) is 0 Å². The van der Waals surface area contributed by atoms with Crippen LogP contribution in [0.1, 0.15) is 21.9 Å². The Bertz CT molecular complexity index is 474. The topological polar surface area (TPSA) is 60.2 Å². The first kappa shape index (κ1) is 7.85. The average molecular weight is 176 g/mol. The third-order valence-electron chi connectivity index (χ3n) is 1.87. The molecule has 0 fully saturated rings. The molecule has 0 aromatic carbocycles. The minimum absolute atomic E-state index is 0.329. The van der Waals surface area contributed by atoms with Gasteiger partial charge in [-0.3, -0.25) is 4.79 Å². The van der Waals surface area contributed by atoms with E-state index in [1.165, 1.54) is 0 Å². The number of hydrogen-bond donors (Lipinski definition) is 0. The predicted molar refractivity (Wildman–Crippen MR) is 45.6 cm³/mol. The zero-order chi connectivity index (χ0) is 9.42. The van der Waals surface area contributed by atoms with Crippen molar-refractivity contribution in [3.05, 3.63) is 23.1 Å². The molecule has 5 heteroatoms. The molecule has 2 heterocycles. The predicted octanol–water partition coefficient (Wildman–Crippen LogP) is 0.554. The number of fused-ring (bicyclic) bond motifs is 1. The molecule has 0 aliphatic rings. The lowest BCUT2D eigenvalue weighted by atomic mass is 10.3. The summed E-state index contributed by atoms with van der Waals surface area (Å²) in [7, 11) is 0. The summed E-state index contributed by atoms with van der Waals surface area (Å²) >= 11 is 0. The van der Waals surface area contributed by atoms with Gasteiger partial charge in [-0.25, -0.2) is 4.52 Å². The molecule has 0 saturated carbocycles. The van der Waals surface area contributed by atoms with Crippen LogP contribution in [0.25, 0.3) is 5.65 Å². The Hall–Kier alpha value is -1.78. The quantitative estimate of drug-likeness (QED) is 0.595. The van der Waals surface area contributed by atoms with Gasteiger partial charge in [-0.1, -0.05) is 0 Å². The Morgan fingerprint density at radius 1 is 1.38 bits per heavy atom. The highest BCUT2D eigenvalue weighted by atomic mass is 16.1. The van der Waals surface area contributed by atoms with E-state index in [1.54, 1.807) is 11.4 Å². The molecule has 0 atom stereocenters. The van der Waals surface area contributed by atoms with E-state index in [-0.39, 0.29) is 0 Å². The fourth-order valence-electron chi connectivity index (χ4n) is 1.20. The Balaban J connectivity index is 2.85. The average Bonchev–Trinajstić information content (AvgIpc) is 2.47. The molecule has 2 rings (SSSR count). The maximum atomic E-state index is 10.5. The lowest BCUT2D eigenvalue weighted by Crippen LogP contribution is -2.04. The first-order chi connectivity index (χ1) is 6.22. The van der Waals surface area contributed by atoms with E-state index < -0.39 is 0 Å². The molecule has 0 N–H and O–H groups in total. The molecule has 0 unspecified atom stereocenters. The van der Waals surface area contributed by atoms with Crippen molar-refractivity contribution in [2.45, 2.75) is 13.8 Å². The maximum Gasteiger partial charge on any atom is 0.177 e. The summed E-state index contributed by atoms with van der Waals surface area (Å²) in [4.78, 5) is 10.5. The number of carbonyl (C=O) groups excluding carboxylic acids is 1. The number of aromatic nitrogens is 4. The first-order valence-electron chi connectivity index (χ1n) is 3.87. The monoisotopic (exact) mass is 176 g/mol. The molecule has 0 amide bonds. The van der Waals surface area contributed by atoms with E-state index in [0.717, 1.165) is 5.69 Å². The number of aryl methyl sites for hydroxylation is 2. The molecule has 13 heavy (non-hydrogen) atoms. The zero-order valence-electron chi connectivity index (χ0n) is 7.35. The molecule has 0 aliphatic heterocycles. The van der Waals surface area contributed by atoms with E-state index in [9.17, 15) is 4.79 Å². The lowest BCUT2D eigenvalue weighted by molar-refractivity contribution is 0.111. The lowest BCUT2D eigenvalue weighted by Gasteiger charge is -1.98. The summed E-state index contributed by atoms with van der Waals surface area (Å²) < 4.78 is 1.62. The minimum Gasteiger partial charge on any atom is -0.296 e. The summed E-state index contributed by atoms with van der Waals surface area (Å²) in [6.07, 6.45) is 0.679. The van der Waals surface area contributed by atoms with Gasteiger partial charge < -0.3 is 0 Å². The summed E-state index contributed by atoms with van der Waals surface area (Å²) in [5.74, 6) is 0. The van der Waals surface area contributed by atoms with E-state index in [4.69, 9.17) is 0 Å². The Labute approximate surface area is 74.4 Å². The van der Waals surface area contributed by atoms with Gasteiger partial charge in [-0.2, -0.15) is 5.10 Å². The van der Waals surface area contributed by atoms with Crippen molar-refractivity contribution in [1.82, 2.24) is 19.8 Å². The molecule has 0 bridgehead atoms. The van der Waals surface area contributed by atoms with Gasteiger partial charge in [-0.15, -0.1) is 10.2 Å². The summed E-state index contributed by atoms with van der Waals surface area (Å²) in [5.41, 5.74) is 2.57. The first-order valence-corrected chi connectivity index (χ1v) is 3.87. The highest BCUT2D eigenvalue weighted by Crippen LogP contribution is 2.06. The molecule has 66 valence electrons. The van der Waals surface area contributed by atoms with Crippen LogP contribution < -0.4 is 0 Å². The normalized spacial score (nSPS) is 10.6. The second kappa shape index (κ2) is 2.62. The van der Waals surface area contributed by atoms with Crippen LogP contribution in [0.15, 0.2) is 6.07 Å². The van der Waals surface area contributed by atoms with E-state index >= 15 is 0 Å².